The minimum atomic E-state index is -2.02. The number of hydrogen-bond donors (Lipinski definition) is 0. The van der Waals surface area contributed by atoms with Gasteiger partial charge in [0.2, 0.25) is 12.3 Å². The van der Waals surface area contributed by atoms with E-state index in [4.69, 9.17) is 9.16 Å². The molecule has 0 aliphatic rings. The van der Waals surface area contributed by atoms with Crippen molar-refractivity contribution in [3.05, 3.63) is 12.7 Å². The van der Waals surface area contributed by atoms with Crippen LogP contribution in [0.1, 0.15) is 41.5 Å². The van der Waals surface area contributed by atoms with Crippen LogP contribution >= 0.6 is 0 Å². The molecule has 0 saturated carbocycles. The summed E-state index contributed by atoms with van der Waals surface area (Å²) in [5, 5.41) is 0.0407. The van der Waals surface area contributed by atoms with Gasteiger partial charge in [-0.1, -0.05) is 40.7 Å². The average molecular weight is 372 g/mol. The van der Waals surface area contributed by atoms with Gasteiger partial charge >= 0.3 is 0 Å². The lowest BCUT2D eigenvalue weighted by Crippen LogP contribution is -2.53. The molecule has 0 aromatic heterocycles. The molecule has 0 fully saturated rings. The fourth-order valence-electron chi connectivity index (χ4n) is 2.09. The highest BCUT2D eigenvalue weighted by molar-refractivity contribution is 6.74. The lowest BCUT2D eigenvalue weighted by atomic mass is 9.89. The van der Waals surface area contributed by atoms with E-state index in [-0.39, 0.29) is 29.5 Å². The third-order valence-corrected chi connectivity index (χ3v) is 9.77. The van der Waals surface area contributed by atoms with Crippen LogP contribution in [0.15, 0.2) is 12.7 Å². The van der Waals surface area contributed by atoms with Gasteiger partial charge in [-0.3, -0.25) is 14.5 Å². The number of ether oxygens (including phenoxy) is 1. The molecule has 0 saturated heterocycles. The SMILES string of the molecule is C=CC(C)(CO[Si](C)(C)C(C)(C)C)C(=O)N(C=O)C(COC)C(C)C. The number of nitrogens with zero attached hydrogens (tertiary/aromatic N) is 1. The molecule has 6 heteroatoms. The van der Waals surface area contributed by atoms with Crippen LogP contribution < -0.4 is 0 Å². The van der Waals surface area contributed by atoms with Gasteiger partial charge in [0.05, 0.1) is 24.7 Å². The van der Waals surface area contributed by atoms with Crippen LogP contribution in [0.25, 0.3) is 0 Å². The molecule has 2 amide bonds. The summed E-state index contributed by atoms with van der Waals surface area (Å²) >= 11 is 0. The van der Waals surface area contributed by atoms with Gasteiger partial charge in [0, 0.05) is 7.11 Å². The minimum absolute atomic E-state index is 0.0407. The third-order valence-electron chi connectivity index (χ3n) is 5.29. The summed E-state index contributed by atoms with van der Waals surface area (Å²) in [6, 6.07) is -0.317. The molecule has 2 unspecified atom stereocenters. The van der Waals surface area contributed by atoms with E-state index in [9.17, 15) is 9.59 Å². The fourth-order valence-corrected chi connectivity index (χ4v) is 3.18. The quantitative estimate of drug-likeness (QED) is 0.332. The van der Waals surface area contributed by atoms with Crippen molar-refractivity contribution in [2.75, 3.05) is 20.3 Å². The number of imide groups is 1. The van der Waals surface area contributed by atoms with Gasteiger partial charge in [0.25, 0.3) is 0 Å². The molecule has 0 spiro atoms. The van der Waals surface area contributed by atoms with E-state index in [0.717, 1.165) is 0 Å². The fraction of sp³-hybridized carbons (Fsp3) is 0.789. The summed E-state index contributed by atoms with van der Waals surface area (Å²) in [6.07, 6.45) is 2.18. The molecule has 0 aliphatic carbocycles. The van der Waals surface area contributed by atoms with E-state index in [2.05, 4.69) is 40.4 Å². The molecule has 0 aromatic rings. The van der Waals surface area contributed by atoms with Crippen molar-refractivity contribution in [3.63, 3.8) is 0 Å². The van der Waals surface area contributed by atoms with E-state index in [0.29, 0.717) is 13.0 Å². The Bertz CT molecular complexity index is 471. The van der Waals surface area contributed by atoms with Gasteiger partial charge in [0.15, 0.2) is 8.32 Å². The first-order valence-corrected chi connectivity index (χ1v) is 11.7. The Kier molecular flexibility index (Phi) is 8.74. The van der Waals surface area contributed by atoms with Gasteiger partial charge in [-0.25, -0.2) is 0 Å². The lowest BCUT2D eigenvalue weighted by molar-refractivity contribution is -0.150. The summed E-state index contributed by atoms with van der Waals surface area (Å²) in [5.74, 6) is -0.212. The van der Waals surface area contributed by atoms with Crippen molar-refractivity contribution in [1.82, 2.24) is 4.90 Å². The maximum absolute atomic E-state index is 13.1. The Balaban J connectivity index is 5.49. The Labute approximate surface area is 154 Å². The van der Waals surface area contributed by atoms with E-state index < -0.39 is 13.7 Å². The van der Waals surface area contributed by atoms with Gasteiger partial charge < -0.3 is 9.16 Å². The average Bonchev–Trinajstić information content (AvgIpc) is 2.51. The highest BCUT2D eigenvalue weighted by Gasteiger charge is 2.43. The topological polar surface area (TPSA) is 55.8 Å². The number of rotatable bonds is 10. The van der Waals surface area contributed by atoms with Crippen molar-refractivity contribution in [2.24, 2.45) is 11.3 Å². The van der Waals surface area contributed by atoms with Crippen LogP contribution in [0.4, 0.5) is 0 Å². The van der Waals surface area contributed by atoms with Crippen molar-refractivity contribution >= 4 is 20.6 Å². The molecule has 146 valence electrons. The molecular formula is C19H37NO4Si. The molecule has 0 aliphatic heterocycles. The highest BCUT2D eigenvalue weighted by atomic mass is 28.4. The maximum Gasteiger partial charge on any atom is 0.241 e. The number of carbonyl (C=O) groups is 2. The Morgan fingerprint density at radius 2 is 1.76 bits per heavy atom. The zero-order valence-corrected chi connectivity index (χ0v) is 18.5. The predicted molar refractivity (Wildman–Crippen MR) is 105 cm³/mol. The first-order chi connectivity index (χ1) is 11.3. The molecule has 0 radical (unpaired) electrons. The van der Waals surface area contributed by atoms with E-state index >= 15 is 0 Å². The number of amides is 2. The monoisotopic (exact) mass is 371 g/mol. The summed E-state index contributed by atoms with van der Waals surface area (Å²) in [5.41, 5.74) is -0.961. The number of carbonyl (C=O) groups excluding carboxylic acids is 2. The first-order valence-electron chi connectivity index (χ1n) is 8.82. The first kappa shape index (κ1) is 24.0. The predicted octanol–water partition coefficient (Wildman–Crippen LogP) is 3.86. The number of methoxy groups -OCH3 is 1. The molecule has 0 N–H and O–H groups in total. The molecule has 0 rings (SSSR count). The minimum Gasteiger partial charge on any atom is -0.415 e. The van der Waals surface area contributed by atoms with Gasteiger partial charge in [0.1, 0.15) is 0 Å². The smallest absolute Gasteiger partial charge is 0.241 e. The molecule has 5 nitrogen and oxygen atoms in total. The van der Waals surface area contributed by atoms with Crippen LogP contribution in [-0.2, 0) is 18.8 Å². The zero-order chi connectivity index (χ0) is 20.1. The summed E-state index contributed by atoms with van der Waals surface area (Å²) in [4.78, 5) is 26.0. The van der Waals surface area contributed by atoms with E-state index in [1.54, 1.807) is 20.1 Å². The van der Waals surface area contributed by atoms with Crippen LogP contribution in [0.3, 0.4) is 0 Å². The lowest BCUT2D eigenvalue weighted by Gasteiger charge is -2.40. The maximum atomic E-state index is 13.1. The van der Waals surface area contributed by atoms with Crippen LogP contribution in [0.5, 0.6) is 0 Å². The summed E-state index contributed by atoms with van der Waals surface area (Å²) in [7, 11) is -0.452. The molecule has 25 heavy (non-hydrogen) atoms. The van der Waals surface area contributed by atoms with Gasteiger partial charge in [-0.05, 0) is 31.0 Å². The summed E-state index contributed by atoms with van der Waals surface area (Å²) in [6.45, 7) is 20.8. The van der Waals surface area contributed by atoms with Crippen molar-refractivity contribution < 1.29 is 18.8 Å². The normalized spacial score (nSPS) is 16.2. The van der Waals surface area contributed by atoms with Gasteiger partial charge in [-0.2, -0.15) is 0 Å². The molecule has 2 atom stereocenters. The number of hydrogen-bond acceptors (Lipinski definition) is 4. The summed E-state index contributed by atoms with van der Waals surface area (Å²) < 4.78 is 11.4. The van der Waals surface area contributed by atoms with Crippen molar-refractivity contribution in [2.45, 2.75) is 65.7 Å². The zero-order valence-electron chi connectivity index (χ0n) is 17.5. The standard InChI is InChI=1S/C19H37NO4Si/c1-11-19(7,13-24-25(9,10)18(4,5)6)17(22)20(14-21)16(12-23-8)15(2)3/h11,14-16H,1,12-13H2,2-10H3. The molecule has 0 aromatic carbocycles. The van der Waals surface area contributed by atoms with Crippen LogP contribution in [0, 0.1) is 11.3 Å². The van der Waals surface area contributed by atoms with Crippen LogP contribution in [-0.4, -0.2) is 51.9 Å². The second kappa shape index (κ2) is 9.10. The largest absolute Gasteiger partial charge is 0.415 e. The Morgan fingerprint density at radius 1 is 1.24 bits per heavy atom. The van der Waals surface area contributed by atoms with E-state index in [1.165, 1.54) is 4.90 Å². The third kappa shape index (κ3) is 6.04. The Morgan fingerprint density at radius 3 is 2.08 bits per heavy atom. The van der Waals surface area contributed by atoms with E-state index in [1.807, 2.05) is 13.8 Å². The highest BCUT2D eigenvalue weighted by Crippen LogP contribution is 2.38. The molecule has 0 bridgehead atoms. The second-order valence-corrected chi connectivity index (χ2v) is 13.6. The van der Waals surface area contributed by atoms with Gasteiger partial charge in [-0.15, -0.1) is 6.58 Å². The molecule has 0 heterocycles. The second-order valence-electron chi connectivity index (χ2n) is 8.76. The molecular weight excluding hydrogens is 334 g/mol. The van der Waals surface area contributed by atoms with Crippen molar-refractivity contribution in [3.8, 4) is 0 Å². The van der Waals surface area contributed by atoms with Crippen LogP contribution in [0.2, 0.25) is 18.1 Å². The Hall–Kier alpha value is -0.983. The van der Waals surface area contributed by atoms with Crippen molar-refractivity contribution in [1.29, 1.82) is 0 Å².